The van der Waals surface area contributed by atoms with Gasteiger partial charge < -0.3 is 9.64 Å². The van der Waals surface area contributed by atoms with Crippen molar-refractivity contribution in [3.05, 3.63) is 35.9 Å². The van der Waals surface area contributed by atoms with Crippen molar-refractivity contribution in [2.24, 2.45) is 10.9 Å². The zero-order chi connectivity index (χ0) is 20.4. The van der Waals surface area contributed by atoms with Gasteiger partial charge in [-0.15, -0.1) is 0 Å². The van der Waals surface area contributed by atoms with Gasteiger partial charge in [0.05, 0.1) is 0 Å². The summed E-state index contributed by atoms with van der Waals surface area (Å²) in [6, 6.07) is 9.17. The third-order valence-electron chi connectivity index (χ3n) is 6.12. The van der Waals surface area contributed by atoms with Gasteiger partial charge in [-0.3, -0.25) is 14.6 Å². The molecule has 2 atom stereocenters. The molecule has 2 heterocycles. The minimum atomic E-state index is -0.501. The van der Waals surface area contributed by atoms with E-state index in [2.05, 4.69) is 0 Å². The third-order valence-corrected chi connectivity index (χ3v) is 6.12. The van der Waals surface area contributed by atoms with E-state index in [-0.39, 0.29) is 11.9 Å². The number of urea groups is 1. The molecule has 7 heteroatoms. The van der Waals surface area contributed by atoms with Crippen LogP contribution in [-0.2, 0) is 16.1 Å². The lowest BCUT2D eigenvalue weighted by molar-refractivity contribution is -0.139. The first-order chi connectivity index (χ1) is 14.2. The van der Waals surface area contributed by atoms with Crippen LogP contribution >= 0.6 is 0 Å². The van der Waals surface area contributed by atoms with Crippen molar-refractivity contribution in [3.8, 4) is 0 Å². The van der Waals surface area contributed by atoms with Gasteiger partial charge in [0.2, 0.25) is 0 Å². The third kappa shape index (κ3) is 3.64. The predicted molar refractivity (Wildman–Crippen MR) is 110 cm³/mol. The van der Waals surface area contributed by atoms with E-state index in [1.807, 2.05) is 42.2 Å². The minimum Gasteiger partial charge on any atom is -0.364 e. The molecule has 3 amide bonds. The maximum atomic E-state index is 13.4. The Morgan fingerprint density at radius 3 is 2.48 bits per heavy atom. The van der Waals surface area contributed by atoms with Crippen molar-refractivity contribution >= 4 is 17.8 Å². The topological polar surface area (TPSA) is 65.5 Å². The Hall–Kier alpha value is -2.41. The molecule has 1 saturated heterocycles. The number of amides is 3. The molecule has 0 aromatic heterocycles. The van der Waals surface area contributed by atoms with Crippen molar-refractivity contribution in [2.75, 3.05) is 20.4 Å². The van der Waals surface area contributed by atoms with Crippen LogP contribution in [-0.4, -0.2) is 65.1 Å². The number of benzene rings is 1. The van der Waals surface area contributed by atoms with Gasteiger partial charge >= 0.3 is 6.03 Å². The maximum absolute atomic E-state index is 13.4. The summed E-state index contributed by atoms with van der Waals surface area (Å²) in [6.45, 7) is 3.16. The summed E-state index contributed by atoms with van der Waals surface area (Å²) in [5.41, 5.74) is 1.04. The van der Waals surface area contributed by atoms with Crippen molar-refractivity contribution in [2.45, 2.75) is 57.8 Å². The average molecular weight is 399 g/mol. The van der Waals surface area contributed by atoms with Crippen molar-refractivity contribution in [1.82, 2.24) is 14.7 Å². The number of methoxy groups -OCH3 is 1. The summed E-state index contributed by atoms with van der Waals surface area (Å²) in [5, 5.41) is 0. The Balaban J connectivity index is 1.71. The molecule has 0 spiro atoms. The summed E-state index contributed by atoms with van der Waals surface area (Å²) in [4.78, 5) is 36.8. The van der Waals surface area contributed by atoms with E-state index >= 15 is 0 Å². The lowest BCUT2D eigenvalue weighted by Gasteiger charge is -2.43. The Morgan fingerprint density at radius 1 is 1.10 bits per heavy atom. The second-order valence-electron chi connectivity index (χ2n) is 8.10. The fourth-order valence-electron chi connectivity index (χ4n) is 4.79. The number of ether oxygens (including phenoxy) is 1. The first-order valence-electron chi connectivity index (χ1n) is 10.6. The van der Waals surface area contributed by atoms with Gasteiger partial charge in [-0.05, 0) is 24.8 Å². The van der Waals surface area contributed by atoms with E-state index in [9.17, 15) is 9.59 Å². The smallest absolute Gasteiger partial charge is 0.328 e. The quantitative estimate of drug-likeness (QED) is 0.708. The number of hydrogen-bond acceptors (Lipinski definition) is 5. The standard InChI is InChI=1S/C22H30N4O3/c1-3-13-24-21(27)18-20(25(22(24)28)14-16-9-5-4-6-10-16)23-19(26(18)15-29-2)17-11-7-8-12-17/h4-6,9-10,17-18,20H,3,7-8,11-15H2,1-2H3. The zero-order valence-electron chi connectivity index (χ0n) is 17.3. The lowest BCUT2D eigenvalue weighted by atomic mass is 10.0. The van der Waals surface area contributed by atoms with Gasteiger partial charge in [0, 0.05) is 26.1 Å². The molecule has 0 bridgehead atoms. The molecule has 156 valence electrons. The molecule has 29 heavy (non-hydrogen) atoms. The van der Waals surface area contributed by atoms with E-state index < -0.39 is 12.2 Å². The summed E-state index contributed by atoms with van der Waals surface area (Å²) >= 11 is 0. The monoisotopic (exact) mass is 398 g/mol. The fourth-order valence-corrected chi connectivity index (χ4v) is 4.79. The molecule has 2 fully saturated rings. The normalized spacial score (nSPS) is 25.0. The summed E-state index contributed by atoms with van der Waals surface area (Å²) < 4.78 is 5.46. The number of nitrogens with zero attached hydrogens (tertiary/aromatic N) is 4. The second-order valence-corrected chi connectivity index (χ2v) is 8.10. The van der Waals surface area contributed by atoms with Crippen LogP contribution in [0, 0.1) is 5.92 Å². The molecular weight excluding hydrogens is 368 g/mol. The van der Waals surface area contributed by atoms with Gasteiger partial charge in [0.1, 0.15) is 12.6 Å². The molecule has 2 unspecified atom stereocenters. The molecular formula is C22H30N4O3. The predicted octanol–water partition coefficient (Wildman–Crippen LogP) is 3.06. The van der Waals surface area contributed by atoms with Crippen molar-refractivity contribution in [1.29, 1.82) is 0 Å². The summed E-state index contributed by atoms with van der Waals surface area (Å²) in [6.07, 6.45) is 4.77. The van der Waals surface area contributed by atoms with Gasteiger partial charge in [-0.25, -0.2) is 9.79 Å². The number of carbonyl (C=O) groups is 2. The van der Waals surface area contributed by atoms with E-state index in [0.717, 1.165) is 30.7 Å². The van der Waals surface area contributed by atoms with E-state index in [4.69, 9.17) is 9.73 Å². The van der Waals surface area contributed by atoms with Crippen molar-refractivity contribution in [3.63, 3.8) is 0 Å². The number of fused-ring (bicyclic) bond motifs is 1. The molecule has 4 rings (SSSR count). The molecule has 1 aromatic rings. The van der Waals surface area contributed by atoms with E-state index in [1.165, 1.54) is 17.7 Å². The molecule has 0 radical (unpaired) electrons. The van der Waals surface area contributed by atoms with Crippen LogP contribution in [0.15, 0.2) is 35.3 Å². The Kier molecular flexibility index (Phi) is 5.85. The fraction of sp³-hybridized carbons (Fsp3) is 0.591. The van der Waals surface area contributed by atoms with Crippen LogP contribution < -0.4 is 0 Å². The highest BCUT2D eigenvalue weighted by atomic mass is 16.5. The van der Waals surface area contributed by atoms with Gasteiger partial charge in [-0.1, -0.05) is 50.1 Å². The highest BCUT2D eigenvalue weighted by molar-refractivity contribution is 6.04. The molecule has 1 aromatic carbocycles. The van der Waals surface area contributed by atoms with Gasteiger partial charge in [-0.2, -0.15) is 0 Å². The maximum Gasteiger partial charge on any atom is 0.328 e. The largest absolute Gasteiger partial charge is 0.364 e. The first-order valence-corrected chi connectivity index (χ1v) is 10.6. The minimum absolute atomic E-state index is 0.153. The highest BCUT2D eigenvalue weighted by Gasteiger charge is 2.53. The first kappa shape index (κ1) is 19.9. The number of rotatable bonds is 7. The molecule has 7 nitrogen and oxygen atoms in total. The molecule has 1 aliphatic carbocycles. The van der Waals surface area contributed by atoms with Crippen LogP contribution in [0.3, 0.4) is 0 Å². The Labute approximate surface area is 172 Å². The van der Waals surface area contributed by atoms with Crippen LogP contribution in [0.25, 0.3) is 0 Å². The number of amidine groups is 1. The molecule has 0 N–H and O–H groups in total. The molecule has 3 aliphatic rings. The van der Waals surface area contributed by atoms with Gasteiger partial charge in [0.15, 0.2) is 12.2 Å². The van der Waals surface area contributed by atoms with Crippen molar-refractivity contribution < 1.29 is 14.3 Å². The van der Waals surface area contributed by atoms with Crippen LogP contribution in [0.1, 0.15) is 44.6 Å². The average Bonchev–Trinajstić information content (AvgIpc) is 3.38. The van der Waals surface area contributed by atoms with E-state index in [0.29, 0.717) is 25.7 Å². The lowest BCUT2D eigenvalue weighted by Crippen LogP contribution is -2.66. The number of aliphatic imine (C=N–C) groups is 1. The number of carbonyl (C=O) groups excluding carboxylic acids is 2. The van der Waals surface area contributed by atoms with E-state index in [1.54, 1.807) is 12.0 Å². The number of imide groups is 1. The van der Waals surface area contributed by atoms with Crippen LogP contribution in [0.4, 0.5) is 4.79 Å². The summed E-state index contributed by atoms with van der Waals surface area (Å²) in [5.74, 6) is 1.13. The van der Waals surface area contributed by atoms with Crippen LogP contribution in [0.5, 0.6) is 0 Å². The highest BCUT2D eigenvalue weighted by Crippen LogP contribution is 2.36. The zero-order valence-corrected chi connectivity index (χ0v) is 17.3. The van der Waals surface area contributed by atoms with Crippen LogP contribution in [0.2, 0.25) is 0 Å². The summed E-state index contributed by atoms with van der Waals surface area (Å²) in [7, 11) is 1.64. The Bertz CT molecular complexity index is 776. The van der Waals surface area contributed by atoms with Gasteiger partial charge in [0.25, 0.3) is 5.91 Å². The SMILES string of the molecule is CCCN1C(=O)C2C(N=C(C3CCCC3)N2COC)N(Cc2ccccc2)C1=O. The molecule has 2 aliphatic heterocycles. The second kappa shape index (κ2) is 8.53. The Morgan fingerprint density at radius 2 is 1.83 bits per heavy atom. The molecule has 1 saturated carbocycles. The number of hydrogen-bond donors (Lipinski definition) is 0.